The van der Waals surface area contributed by atoms with Crippen LogP contribution in [-0.4, -0.2) is 25.3 Å². The minimum absolute atomic E-state index is 0.0777. The van der Waals surface area contributed by atoms with Crippen LogP contribution in [0.4, 0.5) is 5.69 Å². The molecule has 4 nitrogen and oxygen atoms in total. The summed E-state index contributed by atoms with van der Waals surface area (Å²) in [5.74, 6) is -0.303. The highest BCUT2D eigenvalue weighted by molar-refractivity contribution is 7.14. The summed E-state index contributed by atoms with van der Waals surface area (Å²) in [6.07, 6.45) is -0.0777. The average Bonchev–Trinajstić information content (AvgIpc) is 2.40. The Morgan fingerprint density at radius 1 is 1.71 bits per heavy atom. The van der Waals surface area contributed by atoms with Crippen molar-refractivity contribution in [1.82, 2.24) is 0 Å². The van der Waals surface area contributed by atoms with Crippen LogP contribution in [0, 0.1) is 6.92 Å². The van der Waals surface area contributed by atoms with E-state index in [4.69, 9.17) is 15.2 Å². The number of carbonyl (C=O) groups excluding carboxylic acids is 1. The molecule has 0 spiro atoms. The van der Waals surface area contributed by atoms with E-state index < -0.39 is 0 Å². The van der Waals surface area contributed by atoms with Gasteiger partial charge in [-0.15, -0.1) is 11.3 Å². The molecule has 0 aliphatic carbocycles. The van der Waals surface area contributed by atoms with Gasteiger partial charge in [0.05, 0.1) is 13.2 Å². The van der Waals surface area contributed by atoms with Crippen LogP contribution in [0.5, 0.6) is 0 Å². The van der Waals surface area contributed by atoms with Crippen LogP contribution in [0.15, 0.2) is 6.07 Å². The molecule has 0 unspecified atom stereocenters. The van der Waals surface area contributed by atoms with Crippen molar-refractivity contribution >= 4 is 23.0 Å². The molecule has 0 amide bonds. The van der Waals surface area contributed by atoms with Crippen LogP contribution in [0.25, 0.3) is 0 Å². The number of ether oxygens (including phenoxy) is 2. The van der Waals surface area contributed by atoms with E-state index in [-0.39, 0.29) is 12.1 Å². The summed E-state index contributed by atoms with van der Waals surface area (Å²) in [4.78, 5) is 13.0. The number of nitrogens with two attached hydrogens (primary N) is 1. The van der Waals surface area contributed by atoms with E-state index in [1.54, 1.807) is 6.07 Å². The third-order valence-corrected chi connectivity index (χ3v) is 3.08. The topological polar surface area (TPSA) is 61.5 Å². The minimum atomic E-state index is -0.303. The summed E-state index contributed by atoms with van der Waals surface area (Å²) in [5, 5.41) is 0. The summed E-state index contributed by atoms with van der Waals surface area (Å²) < 4.78 is 10.0. The molecule has 76 valence electrons. The Hall–Kier alpha value is -1.07. The molecule has 14 heavy (non-hydrogen) atoms. The number of hydrogen-bond acceptors (Lipinski definition) is 5. The van der Waals surface area contributed by atoms with E-state index in [1.807, 2.05) is 6.92 Å². The maximum atomic E-state index is 11.5. The van der Waals surface area contributed by atoms with Crippen molar-refractivity contribution in [2.75, 3.05) is 18.9 Å². The van der Waals surface area contributed by atoms with Crippen LogP contribution in [0.1, 0.15) is 14.5 Å². The number of thiophene rings is 1. The van der Waals surface area contributed by atoms with Gasteiger partial charge in [-0.2, -0.15) is 0 Å². The highest BCUT2D eigenvalue weighted by atomic mass is 32.1. The second-order valence-corrected chi connectivity index (χ2v) is 4.44. The first-order chi connectivity index (χ1) is 6.66. The minimum Gasteiger partial charge on any atom is -0.453 e. The fraction of sp³-hybridized carbons (Fsp3) is 0.444. The number of hydrogen-bond donors (Lipinski definition) is 1. The van der Waals surface area contributed by atoms with Gasteiger partial charge < -0.3 is 15.2 Å². The third-order valence-electron chi connectivity index (χ3n) is 2.04. The highest BCUT2D eigenvalue weighted by Gasteiger charge is 2.24. The summed E-state index contributed by atoms with van der Waals surface area (Å²) in [5.41, 5.74) is 6.28. The standard InChI is InChI=1S/C9H11NO3S/c1-5-7(10)2-8(14-5)9(11)13-6-3-12-4-6/h2,6H,3-4,10H2,1H3. The zero-order valence-corrected chi connectivity index (χ0v) is 8.60. The smallest absolute Gasteiger partial charge is 0.348 e. The van der Waals surface area contributed by atoms with Crippen LogP contribution in [-0.2, 0) is 9.47 Å². The molecular weight excluding hydrogens is 202 g/mol. The van der Waals surface area contributed by atoms with Gasteiger partial charge in [-0.05, 0) is 13.0 Å². The fourth-order valence-electron chi connectivity index (χ4n) is 1.09. The second kappa shape index (κ2) is 3.59. The maximum Gasteiger partial charge on any atom is 0.348 e. The molecule has 5 heteroatoms. The molecule has 1 aromatic rings. The predicted octanol–water partition coefficient (Wildman–Crippen LogP) is 1.19. The zero-order chi connectivity index (χ0) is 10.1. The van der Waals surface area contributed by atoms with Gasteiger partial charge >= 0.3 is 5.97 Å². The Labute approximate surface area is 85.6 Å². The van der Waals surface area contributed by atoms with Crippen molar-refractivity contribution in [1.29, 1.82) is 0 Å². The maximum absolute atomic E-state index is 11.5. The van der Waals surface area contributed by atoms with Crippen molar-refractivity contribution in [3.8, 4) is 0 Å². The number of esters is 1. The van der Waals surface area contributed by atoms with Gasteiger partial charge in [0.15, 0.2) is 0 Å². The normalized spacial score (nSPS) is 16.4. The highest BCUT2D eigenvalue weighted by Crippen LogP contribution is 2.24. The second-order valence-electron chi connectivity index (χ2n) is 3.19. The SMILES string of the molecule is Cc1sc(C(=O)OC2COC2)cc1N. The van der Waals surface area contributed by atoms with E-state index in [9.17, 15) is 4.79 Å². The van der Waals surface area contributed by atoms with E-state index >= 15 is 0 Å². The Bertz CT molecular complexity index is 337. The zero-order valence-electron chi connectivity index (χ0n) is 7.78. The Morgan fingerprint density at radius 2 is 2.43 bits per heavy atom. The van der Waals surface area contributed by atoms with E-state index in [1.165, 1.54) is 11.3 Å². The molecule has 1 aliphatic rings. The lowest BCUT2D eigenvalue weighted by molar-refractivity contribution is -0.103. The van der Waals surface area contributed by atoms with Crippen LogP contribution < -0.4 is 5.73 Å². The first-order valence-electron chi connectivity index (χ1n) is 4.31. The van der Waals surface area contributed by atoms with Crippen molar-refractivity contribution in [2.45, 2.75) is 13.0 Å². The molecule has 2 heterocycles. The molecule has 1 saturated heterocycles. The van der Waals surface area contributed by atoms with E-state index in [2.05, 4.69) is 0 Å². The van der Waals surface area contributed by atoms with Gasteiger partial charge in [0.1, 0.15) is 11.0 Å². The van der Waals surface area contributed by atoms with Gasteiger partial charge in [-0.3, -0.25) is 0 Å². The number of rotatable bonds is 2. The average molecular weight is 213 g/mol. The number of anilines is 1. The van der Waals surface area contributed by atoms with Gasteiger partial charge in [0.2, 0.25) is 0 Å². The largest absolute Gasteiger partial charge is 0.453 e. The Morgan fingerprint density at radius 3 is 2.86 bits per heavy atom. The quantitative estimate of drug-likeness (QED) is 0.750. The van der Waals surface area contributed by atoms with Gasteiger partial charge in [0, 0.05) is 10.6 Å². The van der Waals surface area contributed by atoms with E-state index in [0.717, 1.165) is 4.88 Å². The Kier molecular flexibility index (Phi) is 2.43. The first kappa shape index (κ1) is 9.48. The van der Waals surface area contributed by atoms with Crippen LogP contribution in [0.3, 0.4) is 0 Å². The van der Waals surface area contributed by atoms with Crippen LogP contribution in [0.2, 0.25) is 0 Å². The molecule has 0 radical (unpaired) electrons. The summed E-state index contributed by atoms with van der Waals surface area (Å²) >= 11 is 1.36. The molecule has 2 rings (SSSR count). The molecule has 1 aliphatic heterocycles. The van der Waals surface area contributed by atoms with Gasteiger partial charge in [-0.25, -0.2) is 4.79 Å². The lowest BCUT2D eigenvalue weighted by Crippen LogP contribution is -2.37. The molecule has 2 N–H and O–H groups in total. The van der Waals surface area contributed by atoms with Crippen LogP contribution >= 0.6 is 11.3 Å². The number of carbonyl (C=O) groups is 1. The van der Waals surface area contributed by atoms with Crippen molar-refractivity contribution < 1.29 is 14.3 Å². The molecular formula is C9H11NO3S. The van der Waals surface area contributed by atoms with Crippen molar-refractivity contribution in [2.24, 2.45) is 0 Å². The monoisotopic (exact) mass is 213 g/mol. The summed E-state index contributed by atoms with van der Waals surface area (Å²) in [6, 6.07) is 1.65. The van der Waals surface area contributed by atoms with Crippen molar-refractivity contribution in [3.05, 3.63) is 15.8 Å². The predicted molar refractivity (Wildman–Crippen MR) is 53.5 cm³/mol. The fourth-order valence-corrected chi connectivity index (χ4v) is 1.91. The van der Waals surface area contributed by atoms with Gasteiger partial charge in [-0.1, -0.05) is 0 Å². The molecule has 0 bridgehead atoms. The van der Waals surface area contributed by atoms with Gasteiger partial charge in [0.25, 0.3) is 0 Å². The third kappa shape index (κ3) is 1.73. The summed E-state index contributed by atoms with van der Waals surface area (Å²) in [7, 11) is 0. The molecule has 0 saturated carbocycles. The molecule has 1 aromatic heterocycles. The number of nitrogen functional groups attached to an aromatic ring is 1. The van der Waals surface area contributed by atoms with E-state index in [0.29, 0.717) is 23.8 Å². The molecule has 0 atom stereocenters. The van der Waals surface area contributed by atoms with Crippen molar-refractivity contribution in [3.63, 3.8) is 0 Å². The lowest BCUT2D eigenvalue weighted by atomic mass is 10.3. The lowest BCUT2D eigenvalue weighted by Gasteiger charge is -2.25. The summed E-state index contributed by atoms with van der Waals surface area (Å²) in [6.45, 7) is 2.89. The molecule has 1 fully saturated rings. The molecule has 0 aromatic carbocycles. The Balaban J connectivity index is 2.02. The first-order valence-corrected chi connectivity index (χ1v) is 5.13. The number of aryl methyl sites for hydroxylation is 1.